The van der Waals surface area contributed by atoms with Gasteiger partial charge < -0.3 is 10.6 Å². The van der Waals surface area contributed by atoms with Crippen LogP contribution in [0.4, 0.5) is 0 Å². The number of piperidine rings is 1. The number of likely N-dealkylation sites (tertiary alicyclic amines) is 1. The van der Waals surface area contributed by atoms with Crippen LogP contribution in [0, 0.1) is 10.8 Å². The van der Waals surface area contributed by atoms with Crippen LogP contribution >= 0.6 is 0 Å². The third kappa shape index (κ3) is 1.57. The van der Waals surface area contributed by atoms with Gasteiger partial charge in [-0.15, -0.1) is 0 Å². The fourth-order valence-corrected chi connectivity index (χ4v) is 4.59. The molecule has 0 spiro atoms. The lowest BCUT2D eigenvalue weighted by atomic mass is 9.34. The number of amides is 1. The number of nitrogens with two attached hydrogens (primary N) is 1. The molecule has 1 saturated heterocycles. The SMILES string of the molecule is NCC12CC(C(=O)N3CCCC(c4cn[nH]n4)C3)(C1)C2. The largest absolute Gasteiger partial charge is 0.342 e. The lowest BCUT2D eigenvalue weighted by molar-refractivity contribution is -0.213. The second kappa shape index (κ2) is 4.04. The van der Waals surface area contributed by atoms with E-state index in [1.54, 1.807) is 6.20 Å². The normalized spacial score (nSPS) is 39.0. The van der Waals surface area contributed by atoms with Crippen molar-refractivity contribution in [3.05, 3.63) is 11.9 Å². The molecule has 1 unspecified atom stereocenters. The Balaban J connectivity index is 1.43. The van der Waals surface area contributed by atoms with Gasteiger partial charge in [0.15, 0.2) is 0 Å². The lowest BCUT2D eigenvalue weighted by Crippen LogP contribution is -2.70. The molecule has 1 amide bonds. The fourth-order valence-electron chi connectivity index (χ4n) is 4.59. The van der Waals surface area contributed by atoms with Gasteiger partial charge in [0.25, 0.3) is 0 Å². The van der Waals surface area contributed by atoms with E-state index >= 15 is 0 Å². The summed E-state index contributed by atoms with van der Waals surface area (Å²) >= 11 is 0. The van der Waals surface area contributed by atoms with Gasteiger partial charge in [-0.2, -0.15) is 15.4 Å². The minimum Gasteiger partial charge on any atom is -0.342 e. The molecule has 1 aromatic rings. The molecule has 0 radical (unpaired) electrons. The summed E-state index contributed by atoms with van der Waals surface area (Å²) in [6, 6.07) is 0. The van der Waals surface area contributed by atoms with Gasteiger partial charge in [-0.25, -0.2) is 0 Å². The van der Waals surface area contributed by atoms with Crippen molar-refractivity contribution in [3.8, 4) is 0 Å². The van der Waals surface area contributed by atoms with E-state index in [0.717, 1.165) is 57.4 Å². The molecular formula is C14H21N5O. The number of hydrogen-bond donors (Lipinski definition) is 2. The highest BCUT2D eigenvalue weighted by Crippen LogP contribution is 2.73. The number of carbonyl (C=O) groups is 1. The number of rotatable bonds is 3. The van der Waals surface area contributed by atoms with E-state index in [0.29, 0.717) is 17.2 Å². The van der Waals surface area contributed by atoms with Gasteiger partial charge in [-0.1, -0.05) is 0 Å². The van der Waals surface area contributed by atoms with E-state index < -0.39 is 0 Å². The number of aromatic amines is 1. The third-order valence-electron chi connectivity index (χ3n) is 5.59. The van der Waals surface area contributed by atoms with Crippen molar-refractivity contribution in [2.45, 2.75) is 38.0 Å². The number of aromatic nitrogens is 3. The molecule has 1 aliphatic heterocycles. The highest BCUT2D eigenvalue weighted by Gasteiger charge is 2.71. The standard InChI is InChI=1S/C14H21N5O/c15-9-13-6-14(7-13,8-13)12(20)19-3-1-2-10(5-19)11-4-16-18-17-11/h4,10H,1-3,5-9,15H2,(H,16,17,18). The highest BCUT2D eigenvalue weighted by atomic mass is 16.2. The Bertz CT molecular complexity index is 506. The summed E-state index contributed by atoms with van der Waals surface area (Å²) in [5.41, 5.74) is 7.04. The monoisotopic (exact) mass is 275 g/mol. The van der Waals surface area contributed by atoms with Gasteiger partial charge in [-0.05, 0) is 44.1 Å². The number of nitrogens with zero attached hydrogens (tertiary/aromatic N) is 3. The molecule has 3 N–H and O–H groups in total. The number of carbonyl (C=O) groups excluding carboxylic acids is 1. The zero-order valence-electron chi connectivity index (χ0n) is 11.6. The summed E-state index contributed by atoms with van der Waals surface area (Å²) in [5, 5.41) is 10.7. The smallest absolute Gasteiger partial charge is 0.228 e. The minimum absolute atomic E-state index is 0.0505. The quantitative estimate of drug-likeness (QED) is 0.847. The van der Waals surface area contributed by atoms with Crippen LogP contribution in [0.1, 0.15) is 43.7 Å². The summed E-state index contributed by atoms with van der Waals surface area (Å²) in [7, 11) is 0. The Morgan fingerprint density at radius 3 is 2.95 bits per heavy atom. The second-order valence-corrected chi connectivity index (χ2v) is 7.00. The molecule has 2 heterocycles. The predicted octanol–water partition coefficient (Wildman–Crippen LogP) is 0.640. The molecule has 3 aliphatic carbocycles. The third-order valence-corrected chi connectivity index (χ3v) is 5.59. The molecular weight excluding hydrogens is 254 g/mol. The summed E-state index contributed by atoms with van der Waals surface area (Å²) in [4.78, 5) is 14.8. The van der Waals surface area contributed by atoms with Crippen LogP contribution in [0.3, 0.4) is 0 Å². The summed E-state index contributed by atoms with van der Waals surface area (Å²) in [5.74, 6) is 0.697. The van der Waals surface area contributed by atoms with Gasteiger partial charge >= 0.3 is 0 Å². The first-order valence-electron chi connectivity index (χ1n) is 7.52. The first-order chi connectivity index (χ1) is 9.66. The maximum Gasteiger partial charge on any atom is 0.228 e. The highest BCUT2D eigenvalue weighted by molar-refractivity contribution is 5.86. The predicted molar refractivity (Wildman–Crippen MR) is 72.7 cm³/mol. The van der Waals surface area contributed by atoms with Crippen molar-refractivity contribution < 1.29 is 4.79 Å². The van der Waals surface area contributed by atoms with Crippen molar-refractivity contribution in [1.29, 1.82) is 0 Å². The molecule has 6 heteroatoms. The van der Waals surface area contributed by atoms with Gasteiger partial charge in [0, 0.05) is 19.0 Å². The van der Waals surface area contributed by atoms with Crippen molar-refractivity contribution >= 4 is 5.91 Å². The van der Waals surface area contributed by atoms with Gasteiger partial charge in [0.2, 0.25) is 5.91 Å². The summed E-state index contributed by atoms with van der Waals surface area (Å²) in [6.45, 7) is 2.43. The maximum absolute atomic E-state index is 12.8. The van der Waals surface area contributed by atoms with Crippen LogP contribution in [0.25, 0.3) is 0 Å². The maximum atomic E-state index is 12.8. The number of hydrogen-bond acceptors (Lipinski definition) is 4. The van der Waals surface area contributed by atoms with Crippen LogP contribution in [-0.2, 0) is 4.79 Å². The summed E-state index contributed by atoms with van der Waals surface area (Å²) in [6.07, 6.45) is 6.97. The summed E-state index contributed by atoms with van der Waals surface area (Å²) < 4.78 is 0. The van der Waals surface area contributed by atoms with E-state index in [-0.39, 0.29) is 5.41 Å². The minimum atomic E-state index is -0.0505. The van der Waals surface area contributed by atoms with Crippen molar-refractivity contribution in [3.63, 3.8) is 0 Å². The topological polar surface area (TPSA) is 87.9 Å². The van der Waals surface area contributed by atoms with Crippen LogP contribution in [0.15, 0.2) is 6.20 Å². The van der Waals surface area contributed by atoms with Gasteiger partial charge in [0.05, 0.1) is 17.3 Å². The Morgan fingerprint density at radius 2 is 2.30 bits per heavy atom. The zero-order valence-corrected chi connectivity index (χ0v) is 11.6. The van der Waals surface area contributed by atoms with Crippen molar-refractivity contribution in [1.82, 2.24) is 20.3 Å². The molecule has 4 aliphatic rings. The van der Waals surface area contributed by atoms with E-state index in [1.807, 2.05) is 0 Å². The molecule has 2 bridgehead atoms. The van der Waals surface area contributed by atoms with Crippen molar-refractivity contribution in [2.75, 3.05) is 19.6 Å². The second-order valence-electron chi connectivity index (χ2n) is 7.00. The van der Waals surface area contributed by atoms with E-state index in [2.05, 4.69) is 20.3 Å². The molecule has 6 nitrogen and oxygen atoms in total. The Labute approximate surface area is 118 Å². The van der Waals surface area contributed by atoms with Gasteiger partial charge in [0.1, 0.15) is 0 Å². The van der Waals surface area contributed by atoms with Crippen molar-refractivity contribution in [2.24, 2.45) is 16.6 Å². The van der Waals surface area contributed by atoms with E-state index in [4.69, 9.17) is 5.73 Å². The lowest BCUT2D eigenvalue weighted by Gasteiger charge is -2.70. The Kier molecular flexibility index (Phi) is 2.49. The van der Waals surface area contributed by atoms with Crippen LogP contribution < -0.4 is 5.73 Å². The zero-order chi connectivity index (χ0) is 13.8. The van der Waals surface area contributed by atoms with Crippen LogP contribution in [0.5, 0.6) is 0 Å². The first kappa shape index (κ1) is 12.3. The van der Waals surface area contributed by atoms with E-state index in [1.165, 1.54) is 0 Å². The molecule has 108 valence electrons. The van der Waals surface area contributed by atoms with Crippen LogP contribution in [-0.4, -0.2) is 45.9 Å². The average molecular weight is 275 g/mol. The van der Waals surface area contributed by atoms with Gasteiger partial charge in [-0.3, -0.25) is 4.79 Å². The molecule has 1 atom stereocenters. The fraction of sp³-hybridized carbons (Fsp3) is 0.786. The Morgan fingerprint density at radius 1 is 1.50 bits per heavy atom. The number of H-pyrrole nitrogens is 1. The molecule has 4 fully saturated rings. The average Bonchev–Trinajstić information content (AvgIpc) is 2.90. The Hall–Kier alpha value is -1.43. The molecule has 0 aromatic carbocycles. The van der Waals surface area contributed by atoms with E-state index in [9.17, 15) is 4.79 Å². The molecule has 3 saturated carbocycles. The first-order valence-corrected chi connectivity index (χ1v) is 7.52. The van der Waals surface area contributed by atoms with Crippen LogP contribution in [0.2, 0.25) is 0 Å². The molecule has 5 rings (SSSR count). The molecule has 20 heavy (non-hydrogen) atoms. The number of nitrogens with one attached hydrogen (secondary N) is 1. The molecule has 1 aromatic heterocycles.